The van der Waals surface area contributed by atoms with Gasteiger partial charge in [0.1, 0.15) is 6.54 Å². The molecule has 1 heterocycles. The summed E-state index contributed by atoms with van der Waals surface area (Å²) in [5, 5.41) is 24.8. The number of hydrogen-bond donors (Lipinski definition) is 1. The third-order valence-electron chi connectivity index (χ3n) is 3.23. The molecule has 122 valence electrons. The van der Waals surface area contributed by atoms with E-state index in [0.717, 1.165) is 10.4 Å². The first-order valence-corrected chi connectivity index (χ1v) is 7.40. The van der Waals surface area contributed by atoms with Gasteiger partial charge in [0.05, 0.1) is 17.8 Å². The first-order chi connectivity index (χ1) is 12.3. The third-order valence-corrected chi connectivity index (χ3v) is 3.23. The zero-order valence-electron chi connectivity index (χ0n) is 13.1. The number of carbonyl (C=O) groups is 1. The Morgan fingerprint density at radius 3 is 2.76 bits per heavy atom. The van der Waals surface area contributed by atoms with Crippen molar-refractivity contribution in [1.29, 1.82) is 5.26 Å². The van der Waals surface area contributed by atoms with E-state index >= 15 is 0 Å². The highest BCUT2D eigenvalue weighted by molar-refractivity contribution is 5.82. The average Bonchev–Trinajstić information content (AvgIpc) is 3.10. The van der Waals surface area contributed by atoms with E-state index in [2.05, 4.69) is 32.0 Å². The lowest BCUT2D eigenvalue weighted by Crippen LogP contribution is -2.24. The Hall–Kier alpha value is -3.86. The normalized spacial score (nSPS) is 10.5. The summed E-state index contributed by atoms with van der Waals surface area (Å²) in [4.78, 5) is 13.0. The van der Waals surface area contributed by atoms with Gasteiger partial charge in [-0.2, -0.15) is 15.2 Å². The monoisotopic (exact) mass is 331 g/mol. The summed E-state index contributed by atoms with van der Waals surface area (Å²) in [6.45, 7) is -0.131. The Balaban J connectivity index is 1.62. The lowest BCUT2D eigenvalue weighted by atomic mass is 10.1. The largest absolute Gasteiger partial charge is 0.271 e. The second kappa shape index (κ2) is 7.61. The highest BCUT2D eigenvalue weighted by atomic mass is 16.2. The Morgan fingerprint density at radius 1 is 1.20 bits per heavy atom. The molecule has 1 N–H and O–H groups in total. The molecule has 0 aliphatic rings. The molecule has 0 saturated heterocycles. The second-order valence-electron chi connectivity index (χ2n) is 5.00. The summed E-state index contributed by atoms with van der Waals surface area (Å²) in [6, 6.07) is 18.4. The number of rotatable bonds is 5. The van der Waals surface area contributed by atoms with E-state index in [9.17, 15) is 4.79 Å². The molecule has 25 heavy (non-hydrogen) atoms. The van der Waals surface area contributed by atoms with Crippen molar-refractivity contribution in [1.82, 2.24) is 25.6 Å². The van der Waals surface area contributed by atoms with E-state index in [0.29, 0.717) is 11.1 Å². The molecule has 0 spiro atoms. The molecule has 0 aliphatic carbocycles. The van der Waals surface area contributed by atoms with Gasteiger partial charge >= 0.3 is 0 Å². The number of nitriles is 1. The zero-order valence-corrected chi connectivity index (χ0v) is 13.1. The Morgan fingerprint density at radius 2 is 1.96 bits per heavy atom. The van der Waals surface area contributed by atoms with Gasteiger partial charge in [-0.1, -0.05) is 42.5 Å². The number of hydrogen-bond acceptors (Lipinski definition) is 6. The summed E-state index contributed by atoms with van der Waals surface area (Å²) < 4.78 is 0. The van der Waals surface area contributed by atoms with Crippen LogP contribution in [0.3, 0.4) is 0 Å². The number of benzene rings is 2. The van der Waals surface area contributed by atoms with Crippen molar-refractivity contribution in [2.75, 3.05) is 0 Å². The second-order valence-corrected chi connectivity index (χ2v) is 5.00. The van der Waals surface area contributed by atoms with Gasteiger partial charge in [0, 0.05) is 5.56 Å². The fourth-order valence-corrected chi connectivity index (χ4v) is 2.08. The van der Waals surface area contributed by atoms with Gasteiger partial charge in [0.15, 0.2) is 0 Å². The van der Waals surface area contributed by atoms with Gasteiger partial charge in [-0.15, -0.1) is 10.2 Å². The van der Waals surface area contributed by atoms with Gasteiger partial charge in [-0.3, -0.25) is 4.79 Å². The van der Waals surface area contributed by atoms with Crippen LogP contribution in [0.25, 0.3) is 11.4 Å². The van der Waals surface area contributed by atoms with Crippen LogP contribution >= 0.6 is 0 Å². The lowest BCUT2D eigenvalue weighted by Gasteiger charge is -1.98. The number of aromatic nitrogens is 4. The fraction of sp³-hybridized carbons (Fsp3) is 0.0588. The smallest absolute Gasteiger partial charge is 0.263 e. The van der Waals surface area contributed by atoms with Crippen molar-refractivity contribution in [3.05, 3.63) is 65.7 Å². The molecular weight excluding hydrogens is 318 g/mol. The molecule has 0 bridgehead atoms. The van der Waals surface area contributed by atoms with Crippen LogP contribution in [0, 0.1) is 11.3 Å². The van der Waals surface area contributed by atoms with Gasteiger partial charge in [-0.05, 0) is 22.9 Å². The van der Waals surface area contributed by atoms with E-state index < -0.39 is 0 Å². The van der Waals surface area contributed by atoms with Gasteiger partial charge in [0.25, 0.3) is 5.91 Å². The quantitative estimate of drug-likeness (QED) is 0.561. The average molecular weight is 331 g/mol. The summed E-state index contributed by atoms with van der Waals surface area (Å²) >= 11 is 0. The number of nitrogens with zero attached hydrogens (tertiary/aromatic N) is 6. The molecule has 1 aromatic heterocycles. The summed E-state index contributed by atoms with van der Waals surface area (Å²) in [5.74, 6) is -0.0950. The Labute approximate surface area is 143 Å². The maximum absolute atomic E-state index is 11.9. The molecule has 0 radical (unpaired) electrons. The van der Waals surface area contributed by atoms with Crippen molar-refractivity contribution >= 4 is 12.1 Å². The number of nitrogens with one attached hydrogen (secondary N) is 1. The molecule has 8 nitrogen and oxygen atoms in total. The maximum atomic E-state index is 11.9. The molecule has 3 rings (SSSR count). The molecule has 0 aliphatic heterocycles. The van der Waals surface area contributed by atoms with Crippen LogP contribution in [-0.4, -0.2) is 32.3 Å². The van der Waals surface area contributed by atoms with Crippen LogP contribution in [0.4, 0.5) is 0 Å². The van der Waals surface area contributed by atoms with Crippen molar-refractivity contribution in [2.45, 2.75) is 6.54 Å². The lowest BCUT2D eigenvalue weighted by molar-refractivity contribution is -0.122. The van der Waals surface area contributed by atoms with Crippen LogP contribution < -0.4 is 5.43 Å². The van der Waals surface area contributed by atoms with E-state index in [-0.39, 0.29) is 18.3 Å². The molecule has 1 amide bonds. The maximum Gasteiger partial charge on any atom is 0.263 e. The Bertz CT molecular complexity index is 941. The Kier molecular flexibility index (Phi) is 4.87. The van der Waals surface area contributed by atoms with E-state index in [4.69, 9.17) is 5.26 Å². The van der Waals surface area contributed by atoms with Crippen LogP contribution in [0.5, 0.6) is 0 Å². The van der Waals surface area contributed by atoms with Crippen LogP contribution in [0.15, 0.2) is 59.7 Å². The highest BCUT2D eigenvalue weighted by Gasteiger charge is 2.11. The molecule has 8 heteroatoms. The minimum absolute atomic E-state index is 0.131. The highest BCUT2D eigenvalue weighted by Crippen LogP contribution is 2.17. The van der Waals surface area contributed by atoms with Gasteiger partial charge in [0.2, 0.25) is 5.82 Å². The summed E-state index contributed by atoms with van der Waals surface area (Å²) in [7, 11) is 0. The van der Waals surface area contributed by atoms with Gasteiger partial charge < -0.3 is 0 Å². The number of tetrazole rings is 1. The molecule has 2 aromatic carbocycles. The molecule has 3 aromatic rings. The minimum Gasteiger partial charge on any atom is -0.271 e. The van der Waals surface area contributed by atoms with Crippen LogP contribution in [0.2, 0.25) is 0 Å². The minimum atomic E-state index is -0.385. The van der Waals surface area contributed by atoms with Crippen molar-refractivity contribution in [2.24, 2.45) is 5.10 Å². The summed E-state index contributed by atoms with van der Waals surface area (Å²) in [6.07, 6.45) is 1.54. The molecular formula is C17H13N7O. The first-order valence-electron chi connectivity index (χ1n) is 7.40. The SMILES string of the molecule is N#Cc1ccccc1-c1nnn(CC(=O)N/N=C/c2ccccc2)n1. The van der Waals surface area contributed by atoms with Crippen molar-refractivity contribution in [3.63, 3.8) is 0 Å². The zero-order chi connectivity index (χ0) is 17.5. The van der Waals surface area contributed by atoms with Gasteiger partial charge in [-0.25, -0.2) is 5.43 Å². The number of amides is 1. The fourth-order valence-electron chi connectivity index (χ4n) is 2.08. The van der Waals surface area contributed by atoms with E-state index in [1.807, 2.05) is 30.3 Å². The standard InChI is InChI=1S/C17H13N7O/c18-10-14-8-4-5-9-15(14)17-21-23-24(22-17)12-16(25)20-19-11-13-6-2-1-3-7-13/h1-9,11H,12H2,(H,20,25)/b19-11+. The van der Waals surface area contributed by atoms with Crippen molar-refractivity contribution < 1.29 is 4.79 Å². The third kappa shape index (κ3) is 4.11. The molecule has 0 saturated carbocycles. The topological polar surface area (TPSA) is 109 Å². The van der Waals surface area contributed by atoms with E-state index in [1.54, 1.807) is 30.5 Å². The molecule has 0 fully saturated rings. The number of carbonyl (C=O) groups excluding carboxylic acids is 1. The molecule has 0 unspecified atom stereocenters. The van der Waals surface area contributed by atoms with Crippen LogP contribution in [-0.2, 0) is 11.3 Å². The summed E-state index contributed by atoms with van der Waals surface area (Å²) in [5.41, 5.74) is 4.28. The molecule has 0 atom stereocenters. The van der Waals surface area contributed by atoms with E-state index in [1.165, 1.54) is 0 Å². The van der Waals surface area contributed by atoms with Crippen LogP contribution in [0.1, 0.15) is 11.1 Å². The first kappa shape index (κ1) is 16.0. The number of hydrazone groups is 1. The van der Waals surface area contributed by atoms with Crippen molar-refractivity contribution in [3.8, 4) is 17.5 Å². The predicted octanol–water partition coefficient (Wildman–Crippen LogP) is 1.36. The predicted molar refractivity (Wildman–Crippen MR) is 90.1 cm³/mol.